The molecule has 0 saturated heterocycles. The van der Waals surface area contributed by atoms with E-state index in [9.17, 15) is 0 Å². The molecule has 2 rings (SSSR count). The molecule has 0 atom stereocenters. The molecule has 0 aliphatic carbocycles. The number of ether oxygens (including phenoxy) is 1. The summed E-state index contributed by atoms with van der Waals surface area (Å²) in [5, 5.41) is 13.5. The van der Waals surface area contributed by atoms with E-state index < -0.39 is 0 Å². The van der Waals surface area contributed by atoms with E-state index in [1.807, 2.05) is 18.2 Å². The summed E-state index contributed by atoms with van der Waals surface area (Å²) in [6.45, 7) is 3.59. The van der Waals surface area contributed by atoms with Gasteiger partial charge >= 0.3 is 0 Å². The van der Waals surface area contributed by atoms with Crippen LogP contribution in [0.5, 0.6) is 0 Å². The molecular weight excluding hydrogens is 238 g/mol. The molecule has 0 amide bonds. The molecule has 1 heterocycles. The number of hydrogen-bond donors (Lipinski definition) is 1. The molecule has 100 valence electrons. The standard InChI is InChI=1S/C15H19N3O/c1-19-10-2-6-17-7-9-18-8-5-14-4-3-13(12-16)11-15(14)18/h3-5,8,11,17H,2,6-7,9-10H2,1H3. The van der Waals surface area contributed by atoms with Crippen molar-refractivity contribution in [2.75, 3.05) is 26.8 Å². The van der Waals surface area contributed by atoms with Crippen molar-refractivity contribution in [3.63, 3.8) is 0 Å². The minimum Gasteiger partial charge on any atom is -0.385 e. The lowest BCUT2D eigenvalue weighted by atomic mass is 10.2. The number of hydrogen-bond acceptors (Lipinski definition) is 3. The lowest BCUT2D eigenvalue weighted by Crippen LogP contribution is -2.21. The van der Waals surface area contributed by atoms with Gasteiger partial charge in [0.05, 0.1) is 11.6 Å². The van der Waals surface area contributed by atoms with Gasteiger partial charge < -0.3 is 14.6 Å². The van der Waals surface area contributed by atoms with E-state index in [-0.39, 0.29) is 0 Å². The highest BCUT2D eigenvalue weighted by atomic mass is 16.5. The zero-order chi connectivity index (χ0) is 13.5. The van der Waals surface area contributed by atoms with Gasteiger partial charge in [-0.15, -0.1) is 0 Å². The van der Waals surface area contributed by atoms with Crippen molar-refractivity contribution in [1.82, 2.24) is 9.88 Å². The minimum absolute atomic E-state index is 0.709. The Morgan fingerprint density at radius 3 is 3.00 bits per heavy atom. The minimum atomic E-state index is 0.709. The molecule has 1 aromatic carbocycles. The zero-order valence-corrected chi connectivity index (χ0v) is 11.2. The molecule has 0 aliphatic heterocycles. The van der Waals surface area contributed by atoms with Crippen LogP contribution in [-0.4, -0.2) is 31.4 Å². The molecule has 0 bridgehead atoms. The predicted octanol–water partition coefficient (Wildman–Crippen LogP) is 2.14. The summed E-state index contributed by atoms with van der Waals surface area (Å²) >= 11 is 0. The molecule has 0 spiro atoms. The lowest BCUT2D eigenvalue weighted by Gasteiger charge is -2.07. The first-order chi connectivity index (χ1) is 9.35. The molecule has 1 aromatic heterocycles. The number of nitriles is 1. The Labute approximate surface area is 113 Å². The molecule has 0 saturated carbocycles. The molecular formula is C15H19N3O. The topological polar surface area (TPSA) is 50.0 Å². The van der Waals surface area contributed by atoms with Crippen molar-refractivity contribution in [2.24, 2.45) is 0 Å². The third-order valence-electron chi connectivity index (χ3n) is 3.13. The molecule has 0 aliphatic rings. The summed E-state index contributed by atoms with van der Waals surface area (Å²) in [6, 6.07) is 10.1. The first kappa shape index (κ1) is 13.6. The van der Waals surface area contributed by atoms with Gasteiger partial charge in [0.25, 0.3) is 0 Å². The van der Waals surface area contributed by atoms with Crippen LogP contribution < -0.4 is 5.32 Å². The van der Waals surface area contributed by atoms with Crippen molar-refractivity contribution >= 4 is 10.9 Å². The summed E-state index contributed by atoms with van der Waals surface area (Å²) in [4.78, 5) is 0. The van der Waals surface area contributed by atoms with Crippen LogP contribution in [0.15, 0.2) is 30.5 Å². The SMILES string of the molecule is COCCCNCCn1ccc2ccc(C#N)cc21. The molecule has 0 fully saturated rings. The average Bonchev–Trinajstić information content (AvgIpc) is 2.85. The van der Waals surface area contributed by atoms with Crippen LogP contribution in [0.1, 0.15) is 12.0 Å². The van der Waals surface area contributed by atoms with Crippen LogP contribution in [0, 0.1) is 11.3 Å². The maximum atomic E-state index is 8.94. The zero-order valence-electron chi connectivity index (χ0n) is 11.2. The highest BCUT2D eigenvalue weighted by Gasteiger charge is 2.01. The van der Waals surface area contributed by atoms with Gasteiger partial charge in [-0.05, 0) is 36.6 Å². The van der Waals surface area contributed by atoms with Crippen LogP contribution in [0.4, 0.5) is 0 Å². The third kappa shape index (κ3) is 3.57. The normalized spacial score (nSPS) is 10.7. The predicted molar refractivity (Wildman–Crippen MR) is 76.0 cm³/mol. The summed E-state index contributed by atoms with van der Waals surface area (Å²) in [6.07, 6.45) is 3.10. The second kappa shape index (κ2) is 6.93. The fourth-order valence-electron chi connectivity index (χ4n) is 2.11. The first-order valence-electron chi connectivity index (χ1n) is 6.54. The van der Waals surface area contributed by atoms with E-state index in [1.165, 1.54) is 5.39 Å². The van der Waals surface area contributed by atoms with E-state index in [4.69, 9.17) is 10.00 Å². The van der Waals surface area contributed by atoms with Gasteiger partial charge in [0.15, 0.2) is 0 Å². The van der Waals surface area contributed by atoms with Crippen LogP contribution in [0.3, 0.4) is 0 Å². The second-order valence-corrected chi connectivity index (χ2v) is 4.49. The van der Waals surface area contributed by atoms with Crippen molar-refractivity contribution in [2.45, 2.75) is 13.0 Å². The van der Waals surface area contributed by atoms with Gasteiger partial charge in [0, 0.05) is 38.5 Å². The number of rotatable bonds is 7. The second-order valence-electron chi connectivity index (χ2n) is 4.49. The summed E-state index contributed by atoms with van der Waals surface area (Å²) in [5.41, 5.74) is 1.83. The maximum Gasteiger partial charge on any atom is 0.0992 e. The summed E-state index contributed by atoms with van der Waals surface area (Å²) in [7, 11) is 1.72. The highest BCUT2D eigenvalue weighted by molar-refractivity contribution is 5.81. The Balaban J connectivity index is 1.92. The quantitative estimate of drug-likeness (QED) is 0.773. The highest BCUT2D eigenvalue weighted by Crippen LogP contribution is 2.17. The van der Waals surface area contributed by atoms with Crippen LogP contribution in [-0.2, 0) is 11.3 Å². The van der Waals surface area contributed by atoms with Crippen LogP contribution in [0.25, 0.3) is 10.9 Å². The smallest absolute Gasteiger partial charge is 0.0992 e. The van der Waals surface area contributed by atoms with E-state index >= 15 is 0 Å². The maximum absolute atomic E-state index is 8.94. The van der Waals surface area contributed by atoms with E-state index in [1.54, 1.807) is 7.11 Å². The monoisotopic (exact) mass is 257 g/mol. The lowest BCUT2D eigenvalue weighted by molar-refractivity contribution is 0.194. The Hall–Kier alpha value is -1.83. The summed E-state index contributed by atoms with van der Waals surface area (Å²) < 4.78 is 7.18. The number of fused-ring (bicyclic) bond motifs is 1. The molecule has 0 unspecified atom stereocenters. The van der Waals surface area contributed by atoms with Crippen LogP contribution in [0.2, 0.25) is 0 Å². The average molecular weight is 257 g/mol. The van der Waals surface area contributed by atoms with Crippen molar-refractivity contribution in [3.05, 3.63) is 36.0 Å². The van der Waals surface area contributed by atoms with Gasteiger partial charge in [-0.1, -0.05) is 6.07 Å². The van der Waals surface area contributed by atoms with Gasteiger partial charge in [-0.25, -0.2) is 0 Å². The first-order valence-corrected chi connectivity index (χ1v) is 6.54. The molecule has 0 radical (unpaired) electrons. The summed E-state index contributed by atoms with van der Waals surface area (Å²) in [5.74, 6) is 0. The van der Waals surface area contributed by atoms with Crippen molar-refractivity contribution < 1.29 is 4.74 Å². The Bertz CT molecular complexity index is 568. The number of aromatic nitrogens is 1. The Morgan fingerprint density at radius 2 is 2.21 bits per heavy atom. The number of nitrogens with one attached hydrogen (secondary N) is 1. The van der Waals surface area contributed by atoms with Gasteiger partial charge in [-0.2, -0.15) is 5.26 Å². The fraction of sp³-hybridized carbons (Fsp3) is 0.400. The van der Waals surface area contributed by atoms with E-state index in [2.05, 4.69) is 28.2 Å². The Morgan fingerprint density at radius 1 is 1.32 bits per heavy atom. The number of methoxy groups -OCH3 is 1. The van der Waals surface area contributed by atoms with Crippen molar-refractivity contribution in [1.29, 1.82) is 5.26 Å². The van der Waals surface area contributed by atoms with E-state index in [0.29, 0.717) is 5.56 Å². The molecule has 2 aromatic rings. The van der Waals surface area contributed by atoms with Gasteiger partial charge in [0.1, 0.15) is 0 Å². The van der Waals surface area contributed by atoms with Gasteiger partial charge in [0.2, 0.25) is 0 Å². The number of benzene rings is 1. The molecule has 4 heteroatoms. The van der Waals surface area contributed by atoms with Crippen molar-refractivity contribution in [3.8, 4) is 6.07 Å². The van der Waals surface area contributed by atoms with Gasteiger partial charge in [-0.3, -0.25) is 0 Å². The third-order valence-corrected chi connectivity index (χ3v) is 3.13. The van der Waals surface area contributed by atoms with Crippen LogP contribution >= 0.6 is 0 Å². The number of nitrogens with zero attached hydrogens (tertiary/aromatic N) is 2. The fourth-order valence-corrected chi connectivity index (χ4v) is 2.11. The van der Waals surface area contributed by atoms with E-state index in [0.717, 1.165) is 38.2 Å². The molecule has 19 heavy (non-hydrogen) atoms. The molecule has 4 nitrogen and oxygen atoms in total. The molecule has 1 N–H and O–H groups in total. The Kier molecular flexibility index (Phi) is 4.96. The largest absolute Gasteiger partial charge is 0.385 e.